The monoisotopic (exact) mass is 155 g/mol. The van der Waals surface area contributed by atoms with E-state index in [1.807, 2.05) is 0 Å². The summed E-state index contributed by atoms with van der Waals surface area (Å²) < 4.78 is 35.1. The molecule has 1 unspecified atom stereocenters. The smallest absolute Gasteiger partial charge is 0.376 e. The minimum Gasteiger partial charge on any atom is -0.376 e. The molecule has 0 aromatic carbocycles. The van der Waals surface area contributed by atoms with E-state index in [9.17, 15) is 13.2 Å². The third-order valence-corrected chi connectivity index (χ3v) is 1.28. The number of hydrogen-bond acceptors (Lipinski definition) is 2. The summed E-state index contributed by atoms with van der Waals surface area (Å²) in [6.45, 7) is 1.46. The Morgan fingerprint density at radius 2 is 1.70 bits per heavy atom. The topological polar surface area (TPSA) is 44.1 Å². The first-order valence-electron chi connectivity index (χ1n) is 2.54. The van der Waals surface area contributed by atoms with Gasteiger partial charge < -0.3 is 10.5 Å². The Kier molecular flexibility index (Phi) is 2.10. The van der Waals surface area contributed by atoms with Gasteiger partial charge in [-0.2, -0.15) is 13.2 Å². The molecule has 2 N–H and O–H groups in total. The third kappa shape index (κ3) is 1.47. The summed E-state index contributed by atoms with van der Waals surface area (Å²) in [6.07, 6.45) is -4.75. The van der Waals surface area contributed by atoms with Crippen molar-refractivity contribution in [1.82, 2.24) is 0 Å². The SMILES string of the molecule is CC(=N)C(C)(O)C(F)(F)F. The van der Waals surface area contributed by atoms with E-state index in [1.165, 1.54) is 0 Å². The molecule has 0 aliphatic carbocycles. The molecular formula is C5H8F3NO. The molecule has 0 fully saturated rings. The van der Waals surface area contributed by atoms with Crippen molar-refractivity contribution in [3.05, 3.63) is 0 Å². The van der Waals surface area contributed by atoms with Crippen molar-refractivity contribution in [1.29, 1.82) is 5.41 Å². The van der Waals surface area contributed by atoms with E-state index < -0.39 is 17.5 Å². The number of alkyl halides is 3. The maximum absolute atomic E-state index is 11.7. The van der Waals surface area contributed by atoms with E-state index in [0.29, 0.717) is 6.92 Å². The molecule has 0 amide bonds. The first kappa shape index (κ1) is 9.42. The molecule has 0 aliphatic heterocycles. The molecule has 0 bridgehead atoms. The molecule has 0 rings (SSSR count). The van der Waals surface area contributed by atoms with Crippen LogP contribution in [0.25, 0.3) is 0 Å². The van der Waals surface area contributed by atoms with Crippen LogP contribution in [0.2, 0.25) is 0 Å². The lowest BCUT2D eigenvalue weighted by Gasteiger charge is -2.24. The summed E-state index contributed by atoms with van der Waals surface area (Å²) in [5.41, 5.74) is -3.78. The van der Waals surface area contributed by atoms with Gasteiger partial charge in [0.25, 0.3) is 0 Å². The number of nitrogens with one attached hydrogen (secondary N) is 1. The van der Waals surface area contributed by atoms with Gasteiger partial charge in [-0.3, -0.25) is 0 Å². The Bertz CT molecular complexity index is 149. The van der Waals surface area contributed by atoms with E-state index in [4.69, 9.17) is 10.5 Å². The van der Waals surface area contributed by atoms with Gasteiger partial charge in [0.15, 0.2) is 5.60 Å². The van der Waals surface area contributed by atoms with Gasteiger partial charge >= 0.3 is 6.18 Å². The maximum atomic E-state index is 11.7. The summed E-state index contributed by atoms with van der Waals surface area (Å²) in [5.74, 6) is 0. The lowest BCUT2D eigenvalue weighted by Crippen LogP contribution is -2.47. The van der Waals surface area contributed by atoms with Crippen LogP contribution in [-0.4, -0.2) is 22.6 Å². The van der Waals surface area contributed by atoms with E-state index >= 15 is 0 Å². The van der Waals surface area contributed by atoms with E-state index in [0.717, 1.165) is 6.92 Å². The molecular weight excluding hydrogens is 147 g/mol. The Hall–Kier alpha value is -0.580. The summed E-state index contributed by atoms with van der Waals surface area (Å²) in [7, 11) is 0. The van der Waals surface area contributed by atoms with Crippen molar-refractivity contribution < 1.29 is 18.3 Å². The largest absolute Gasteiger partial charge is 0.422 e. The van der Waals surface area contributed by atoms with Crippen LogP contribution in [0.5, 0.6) is 0 Å². The fourth-order valence-corrected chi connectivity index (χ4v) is 0.213. The van der Waals surface area contributed by atoms with Gasteiger partial charge in [-0.1, -0.05) is 0 Å². The van der Waals surface area contributed by atoms with Crippen LogP contribution in [0.15, 0.2) is 0 Å². The number of aliphatic hydroxyl groups is 1. The first-order chi connectivity index (χ1) is 4.19. The standard InChI is InChI=1S/C5H8F3NO/c1-3(9)4(2,10)5(6,7)8/h9-10H,1-2H3. The molecule has 0 aromatic rings. The minimum absolute atomic E-state index is 0.551. The van der Waals surface area contributed by atoms with Crippen LogP contribution in [0.3, 0.4) is 0 Å². The molecule has 2 nitrogen and oxygen atoms in total. The molecule has 0 saturated heterocycles. The fraction of sp³-hybridized carbons (Fsp3) is 0.800. The highest BCUT2D eigenvalue weighted by molar-refractivity contribution is 5.87. The average Bonchev–Trinajstić information content (AvgIpc) is 1.62. The van der Waals surface area contributed by atoms with Gasteiger partial charge in [-0.25, -0.2) is 0 Å². The third-order valence-electron chi connectivity index (χ3n) is 1.28. The van der Waals surface area contributed by atoms with Crippen LogP contribution < -0.4 is 0 Å². The van der Waals surface area contributed by atoms with E-state index in [2.05, 4.69) is 0 Å². The van der Waals surface area contributed by atoms with Crippen molar-refractivity contribution >= 4 is 5.71 Å². The van der Waals surface area contributed by atoms with Crippen molar-refractivity contribution in [2.45, 2.75) is 25.6 Å². The number of rotatable bonds is 1. The van der Waals surface area contributed by atoms with Gasteiger partial charge in [0.1, 0.15) is 0 Å². The van der Waals surface area contributed by atoms with Crippen molar-refractivity contribution in [2.75, 3.05) is 0 Å². The normalized spacial score (nSPS) is 18.2. The Balaban J connectivity index is 4.57. The summed E-state index contributed by atoms with van der Waals surface area (Å²) >= 11 is 0. The highest BCUT2D eigenvalue weighted by Crippen LogP contribution is 2.30. The quantitative estimate of drug-likeness (QED) is 0.551. The lowest BCUT2D eigenvalue weighted by atomic mass is 10.0. The molecule has 0 aliphatic rings. The Morgan fingerprint density at radius 3 is 1.70 bits per heavy atom. The molecule has 5 heteroatoms. The van der Waals surface area contributed by atoms with Crippen LogP contribution in [0, 0.1) is 5.41 Å². The Morgan fingerprint density at radius 1 is 1.40 bits per heavy atom. The van der Waals surface area contributed by atoms with E-state index in [-0.39, 0.29) is 0 Å². The maximum Gasteiger partial charge on any atom is 0.422 e. The highest BCUT2D eigenvalue weighted by atomic mass is 19.4. The zero-order valence-corrected chi connectivity index (χ0v) is 5.58. The lowest BCUT2D eigenvalue weighted by molar-refractivity contribution is -0.224. The zero-order chi connectivity index (χ0) is 8.58. The predicted molar refractivity (Wildman–Crippen MR) is 30.1 cm³/mol. The first-order valence-corrected chi connectivity index (χ1v) is 2.54. The van der Waals surface area contributed by atoms with Gasteiger partial charge in [-0.15, -0.1) is 0 Å². The molecule has 0 aromatic heterocycles. The van der Waals surface area contributed by atoms with Crippen LogP contribution in [-0.2, 0) is 0 Å². The molecule has 0 radical (unpaired) electrons. The van der Waals surface area contributed by atoms with Gasteiger partial charge in [-0.05, 0) is 13.8 Å². The molecule has 1 atom stereocenters. The molecule has 10 heavy (non-hydrogen) atoms. The molecule has 0 spiro atoms. The van der Waals surface area contributed by atoms with E-state index in [1.54, 1.807) is 0 Å². The second kappa shape index (κ2) is 2.23. The zero-order valence-electron chi connectivity index (χ0n) is 5.58. The van der Waals surface area contributed by atoms with Crippen molar-refractivity contribution in [2.24, 2.45) is 0 Å². The second-order valence-electron chi connectivity index (χ2n) is 2.19. The minimum atomic E-state index is -4.75. The van der Waals surface area contributed by atoms with Crippen LogP contribution in [0.1, 0.15) is 13.8 Å². The number of halogens is 3. The highest BCUT2D eigenvalue weighted by Gasteiger charge is 2.51. The van der Waals surface area contributed by atoms with Crippen molar-refractivity contribution in [3.63, 3.8) is 0 Å². The van der Waals surface area contributed by atoms with Gasteiger partial charge in [0, 0.05) is 5.71 Å². The average molecular weight is 155 g/mol. The summed E-state index contributed by atoms with van der Waals surface area (Å²) in [6, 6.07) is 0. The Labute approximate surface area is 56.2 Å². The predicted octanol–water partition coefficient (Wildman–Crippen LogP) is 1.34. The molecule has 0 heterocycles. The summed E-state index contributed by atoms with van der Waals surface area (Å²) in [5, 5.41) is 15.2. The van der Waals surface area contributed by atoms with Gasteiger partial charge in [0.2, 0.25) is 0 Å². The van der Waals surface area contributed by atoms with Crippen molar-refractivity contribution in [3.8, 4) is 0 Å². The van der Waals surface area contributed by atoms with Gasteiger partial charge in [0.05, 0.1) is 0 Å². The summed E-state index contributed by atoms with van der Waals surface area (Å²) in [4.78, 5) is 0. The van der Waals surface area contributed by atoms with Crippen LogP contribution >= 0.6 is 0 Å². The number of hydrogen-bond donors (Lipinski definition) is 2. The molecule has 0 saturated carbocycles. The molecule has 60 valence electrons. The second-order valence-corrected chi connectivity index (χ2v) is 2.19. The van der Waals surface area contributed by atoms with Crippen LogP contribution in [0.4, 0.5) is 13.2 Å². The fourth-order valence-electron chi connectivity index (χ4n) is 0.213.